The van der Waals surface area contributed by atoms with Crippen molar-refractivity contribution in [2.24, 2.45) is 11.3 Å². The van der Waals surface area contributed by atoms with Gasteiger partial charge in [0.15, 0.2) is 0 Å². The standard InChI is InChI=1S/C23H24/c1-16-10-11-19-17(15-16)12-14-23(19)21-9-4-3-7-18(21)20-8-5-6-13-22(20,23)2/h3-11,16H,12-15H2,1-2H3. The highest BCUT2D eigenvalue weighted by Crippen LogP contribution is 2.69. The fraction of sp³-hybridized carbons (Fsp3) is 0.391. The van der Waals surface area contributed by atoms with Gasteiger partial charge in [-0.3, -0.25) is 0 Å². The average Bonchev–Trinajstić information content (AvgIpc) is 3.05. The Balaban J connectivity index is 1.82. The molecule has 0 fully saturated rings. The first kappa shape index (κ1) is 13.6. The third kappa shape index (κ3) is 1.48. The summed E-state index contributed by atoms with van der Waals surface area (Å²) < 4.78 is 0. The zero-order chi connectivity index (χ0) is 15.7. The first-order chi connectivity index (χ1) is 11.2. The number of benzene rings is 1. The minimum atomic E-state index is 0.201. The van der Waals surface area contributed by atoms with E-state index in [0.717, 1.165) is 6.42 Å². The molecule has 3 unspecified atom stereocenters. The van der Waals surface area contributed by atoms with Gasteiger partial charge in [-0.2, -0.15) is 0 Å². The lowest BCUT2D eigenvalue weighted by Crippen LogP contribution is -2.40. The lowest BCUT2D eigenvalue weighted by Gasteiger charge is -2.45. The third-order valence-corrected chi connectivity index (χ3v) is 6.94. The van der Waals surface area contributed by atoms with Crippen molar-refractivity contribution in [1.29, 1.82) is 0 Å². The van der Waals surface area contributed by atoms with Crippen molar-refractivity contribution in [3.63, 3.8) is 0 Å². The summed E-state index contributed by atoms with van der Waals surface area (Å²) in [6, 6.07) is 9.20. The van der Waals surface area contributed by atoms with Crippen LogP contribution in [0.3, 0.4) is 0 Å². The normalized spacial score (nSPS) is 37.0. The molecule has 116 valence electrons. The molecule has 0 radical (unpaired) electrons. The van der Waals surface area contributed by atoms with Crippen LogP contribution in [-0.4, -0.2) is 0 Å². The van der Waals surface area contributed by atoms with Gasteiger partial charge in [0, 0.05) is 10.8 Å². The molecule has 0 saturated carbocycles. The maximum Gasteiger partial charge on any atom is 0.0308 e. The summed E-state index contributed by atoms with van der Waals surface area (Å²) in [5.74, 6) is 0.703. The summed E-state index contributed by atoms with van der Waals surface area (Å²) in [5.41, 5.74) is 8.45. The Bertz CT molecular complexity index is 816. The van der Waals surface area contributed by atoms with Crippen molar-refractivity contribution in [3.8, 4) is 0 Å². The Hall–Kier alpha value is -1.82. The molecule has 0 amide bonds. The second-order valence-corrected chi connectivity index (χ2v) is 8.05. The monoisotopic (exact) mass is 300 g/mol. The van der Waals surface area contributed by atoms with Gasteiger partial charge < -0.3 is 0 Å². The first-order valence-electron chi connectivity index (χ1n) is 9.05. The van der Waals surface area contributed by atoms with Crippen molar-refractivity contribution in [2.75, 3.05) is 0 Å². The van der Waals surface area contributed by atoms with Crippen LogP contribution >= 0.6 is 0 Å². The molecule has 23 heavy (non-hydrogen) atoms. The van der Waals surface area contributed by atoms with E-state index in [1.54, 1.807) is 22.3 Å². The lowest BCUT2D eigenvalue weighted by atomic mass is 9.57. The Labute approximate surface area is 139 Å². The summed E-state index contributed by atoms with van der Waals surface area (Å²) in [7, 11) is 0. The second-order valence-electron chi connectivity index (χ2n) is 8.05. The van der Waals surface area contributed by atoms with Crippen LogP contribution in [0.15, 0.2) is 65.8 Å². The minimum Gasteiger partial charge on any atom is -0.0836 e. The van der Waals surface area contributed by atoms with Gasteiger partial charge in [-0.15, -0.1) is 0 Å². The highest BCUT2D eigenvalue weighted by Gasteiger charge is 2.60. The highest BCUT2D eigenvalue weighted by atomic mass is 14.6. The molecule has 0 heterocycles. The fourth-order valence-corrected chi connectivity index (χ4v) is 5.89. The van der Waals surface area contributed by atoms with Crippen molar-refractivity contribution >= 4 is 5.57 Å². The molecule has 4 aliphatic rings. The molecule has 4 aliphatic carbocycles. The molecule has 0 N–H and O–H groups in total. The van der Waals surface area contributed by atoms with Gasteiger partial charge in [0.2, 0.25) is 0 Å². The van der Waals surface area contributed by atoms with Gasteiger partial charge in [0.05, 0.1) is 0 Å². The van der Waals surface area contributed by atoms with E-state index >= 15 is 0 Å². The number of hydrogen-bond acceptors (Lipinski definition) is 0. The highest BCUT2D eigenvalue weighted by molar-refractivity contribution is 5.85. The zero-order valence-corrected chi connectivity index (χ0v) is 14.1. The Kier molecular flexibility index (Phi) is 2.59. The summed E-state index contributed by atoms with van der Waals surface area (Å²) >= 11 is 0. The van der Waals surface area contributed by atoms with E-state index in [-0.39, 0.29) is 10.8 Å². The van der Waals surface area contributed by atoms with E-state index < -0.39 is 0 Å². The van der Waals surface area contributed by atoms with E-state index in [0.29, 0.717) is 5.92 Å². The largest absolute Gasteiger partial charge is 0.0836 e. The molecule has 0 bridgehead atoms. The van der Waals surface area contributed by atoms with Gasteiger partial charge in [-0.25, -0.2) is 0 Å². The summed E-state index contributed by atoms with van der Waals surface area (Å²) in [6.45, 7) is 4.87. The molecular formula is C23H24. The van der Waals surface area contributed by atoms with Crippen LogP contribution in [0.5, 0.6) is 0 Å². The van der Waals surface area contributed by atoms with E-state index in [2.05, 4.69) is 68.5 Å². The predicted octanol–water partition coefficient (Wildman–Crippen LogP) is 5.97. The molecule has 0 aliphatic heterocycles. The van der Waals surface area contributed by atoms with Crippen LogP contribution in [0.25, 0.3) is 5.57 Å². The first-order valence-corrected chi connectivity index (χ1v) is 9.05. The molecule has 1 aromatic rings. The van der Waals surface area contributed by atoms with Crippen molar-refractivity contribution in [2.45, 2.75) is 44.9 Å². The van der Waals surface area contributed by atoms with Crippen LogP contribution in [0.1, 0.15) is 50.7 Å². The van der Waals surface area contributed by atoms with Crippen LogP contribution < -0.4 is 0 Å². The molecule has 3 atom stereocenters. The van der Waals surface area contributed by atoms with E-state index in [1.807, 2.05) is 0 Å². The van der Waals surface area contributed by atoms with E-state index in [9.17, 15) is 0 Å². The van der Waals surface area contributed by atoms with Gasteiger partial charge >= 0.3 is 0 Å². The summed E-state index contributed by atoms with van der Waals surface area (Å²) in [6.07, 6.45) is 16.9. The predicted molar refractivity (Wildman–Crippen MR) is 97.1 cm³/mol. The van der Waals surface area contributed by atoms with Gasteiger partial charge in [0.1, 0.15) is 0 Å². The Morgan fingerprint density at radius 1 is 1.17 bits per heavy atom. The third-order valence-electron chi connectivity index (χ3n) is 6.94. The van der Waals surface area contributed by atoms with Crippen LogP contribution in [-0.2, 0) is 5.41 Å². The van der Waals surface area contributed by atoms with Gasteiger partial charge in [0.25, 0.3) is 0 Å². The Morgan fingerprint density at radius 3 is 2.96 bits per heavy atom. The maximum atomic E-state index is 2.52. The number of rotatable bonds is 0. The Morgan fingerprint density at radius 2 is 2.04 bits per heavy atom. The maximum absolute atomic E-state index is 2.52. The van der Waals surface area contributed by atoms with E-state index in [4.69, 9.17) is 0 Å². The molecule has 5 rings (SSSR count). The van der Waals surface area contributed by atoms with E-state index in [1.165, 1.54) is 24.8 Å². The number of fused-ring (bicyclic) bond motifs is 6. The van der Waals surface area contributed by atoms with Gasteiger partial charge in [-0.05, 0) is 53.9 Å². The molecule has 1 spiro atoms. The lowest BCUT2D eigenvalue weighted by molar-refractivity contribution is 0.269. The van der Waals surface area contributed by atoms with Crippen molar-refractivity contribution < 1.29 is 0 Å². The van der Waals surface area contributed by atoms with Crippen LogP contribution in [0.2, 0.25) is 0 Å². The number of allylic oxidation sites excluding steroid dienone is 8. The zero-order valence-electron chi connectivity index (χ0n) is 14.1. The van der Waals surface area contributed by atoms with Crippen molar-refractivity contribution in [3.05, 3.63) is 76.9 Å². The van der Waals surface area contributed by atoms with Gasteiger partial charge in [-0.1, -0.05) is 74.1 Å². The minimum absolute atomic E-state index is 0.201. The quantitative estimate of drug-likeness (QED) is 0.553. The average molecular weight is 300 g/mol. The van der Waals surface area contributed by atoms with Crippen molar-refractivity contribution in [1.82, 2.24) is 0 Å². The topological polar surface area (TPSA) is 0 Å². The molecular weight excluding hydrogens is 276 g/mol. The van der Waals surface area contributed by atoms with Crippen LogP contribution in [0, 0.1) is 11.3 Å². The number of hydrogen-bond donors (Lipinski definition) is 0. The molecule has 0 heteroatoms. The summed E-state index contributed by atoms with van der Waals surface area (Å²) in [5, 5.41) is 0. The molecule has 0 saturated heterocycles. The SMILES string of the molecule is CC1C=CC2=C(CCC23c2ccccc2C2=CC=CCC23C)C1. The smallest absolute Gasteiger partial charge is 0.0308 e. The summed E-state index contributed by atoms with van der Waals surface area (Å²) in [4.78, 5) is 0. The van der Waals surface area contributed by atoms with Crippen LogP contribution in [0.4, 0.5) is 0 Å². The second kappa shape index (κ2) is 4.38. The fourth-order valence-electron chi connectivity index (χ4n) is 5.89. The molecule has 0 aromatic heterocycles. The molecule has 0 nitrogen and oxygen atoms in total. The molecule has 1 aromatic carbocycles.